The maximum Gasteiger partial charge on any atom is 0.117 e. The quantitative estimate of drug-likeness (QED) is 0.557. The molecule has 1 rings (SSSR count). The molecule has 1 aromatic carbocycles. The number of aliphatic hydroxyl groups excluding tert-OH is 2. The van der Waals surface area contributed by atoms with Gasteiger partial charge in [0, 0.05) is 0 Å². The van der Waals surface area contributed by atoms with E-state index in [1.807, 2.05) is 13.0 Å². The minimum Gasteiger partial charge on any atom is -0.508 e. The summed E-state index contributed by atoms with van der Waals surface area (Å²) < 4.78 is 0. The van der Waals surface area contributed by atoms with E-state index in [0.29, 0.717) is 17.9 Å². The van der Waals surface area contributed by atoms with Crippen LogP contribution in [0.15, 0.2) is 47.6 Å². The van der Waals surface area contributed by atoms with E-state index < -0.39 is 6.10 Å². The second-order valence-electron chi connectivity index (χ2n) is 5.72. The lowest BCUT2D eigenvalue weighted by Crippen LogP contribution is -2.13. The maximum atomic E-state index is 10.4. The molecule has 0 amide bonds. The topological polar surface area (TPSA) is 60.7 Å². The minimum absolute atomic E-state index is 0.106. The van der Waals surface area contributed by atoms with Gasteiger partial charge in [-0.15, -0.1) is 0 Å². The highest BCUT2D eigenvalue weighted by Gasteiger charge is 2.13. The molecule has 0 fully saturated rings. The minimum atomic E-state index is -0.644. The molecule has 3 N–H and O–H groups in total. The molecule has 4 heteroatoms. The Balaban J connectivity index is 2.83. The number of aliphatic hydroxyl groups is 2. The lowest BCUT2D eigenvalue weighted by Gasteiger charge is -2.17. The molecule has 0 radical (unpaired) electrons. The molecule has 132 valence electrons. The van der Waals surface area contributed by atoms with E-state index in [-0.39, 0.29) is 12.4 Å². The van der Waals surface area contributed by atoms with Crippen LogP contribution in [0.5, 0.6) is 5.75 Å². The van der Waals surface area contributed by atoms with Crippen LogP contribution in [0.2, 0.25) is 5.02 Å². The van der Waals surface area contributed by atoms with Crippen molar-refractivity contribution in [2.45, 2.75) is 45.6 Å². The largest absolute Gasteiger partial charge is 0.508 e. The Morgan fingerprint density at radius 2 is 2.00 bits per heavy atom. The number of phenols is 1. The third kappa shape index (κ3) is 6.16. The maximum absolute atomic E-state index is 10.4. The zero-order valence-electron chi connectivity index (χ0n) is 14.4. The predicted molar refractivity (Wildman–Crippen MR) is 101 cm³/mol. The van der Waals surface area contributed by atoms with Crippen LogP contribution in [-0.4, -0.2) is 28.0 Å². The number of phenolic OH excluding ortho intramolecular Hbond substituents is 1. The number of hydrogen-bond donors (Lipinski definition) is 3. The summed E-state index contributed by atoms with van der Waals surface area (Å²) in [5.41, 5.74) is 3.58. The van der Waals surface area contributed by atoms with Crippen LogP contribution in [0.3, 0.4) is 0 Å². The van der Waals surface area contributed by atoms with Gasteiger partial charge in [-0.25, -0.2) is 0 Å². The normalized spacial score (nSPS) is 13.9. The summed E-state index contributed by atoms with van der Waals surface area (Å²) >= 11 is 6.14. The van der Waals surface area contributed by atoms with Crippen molar-refractivity contribution in [3.8, 4) is 5.75 Å². The van der Waals surface area contributed by atoms with Gasteiger partial charge in [-0.1, -0.05) is 49.8 Å². The molecule has 3 nitrogen and oxygen atoms in total. The molecule has 1 aromatic rings. The standard InChI is InChI=1S/C20H27ClO3/c1-4-14(3)18(10-11-22)20(24)9-6-15(5-2)12-16-7-8-17(23)13-19(16)21/h7-8,10,12-13,20,22-24H,3-6,9,11H2,1-2H3/b15-12+,18-10-. The molecule has 0 aliphatic carbocycles. The van der Waals surface area contributed by atoms with Crippen molar-refractivity contribution >= 4 is 17.7 Å². The number of allylic oxidation sites excluding steroid dienone is 1. The molecule has 1 unspecified atom stereocenters. The first-order chi connectivity index (χ1) is 11.4. The molecule has 0 saturated heterocycles. The summed E-state index contributed by atoms with van der Waals surface area (Å²) in [6, 6.07) is 4.90. The second kappa shape index (κ2) is 10.3. The van der Waals surface area contributed by atoms with Crippen molar-refractivity contribution in [3.63, 3.8) is 0 Å². The average molecular weight is 351 g/mol. The summed E-state index contributed by atoms with van der Waals surface area (Å²) in [4.78, 5) is 0. The molecule has 24 heavy (non-hydrogen) atoms. The molecule has 0 saturated carbocycles. The summed E-state index contributed by atoms with van der Waals surface area (Å²) in [6.07, 6.45) is 5.84. The molecule has 0 aliphatic rings. The highest BCUT2D eigenvalue weighted by Crippen LogP contribution is 2.27. The van der Waals surface area contributed by atoms with Gasteiger partial charge in [0.2, 0.25) is 0 Å². The van der Waals surface area contributed by atoms with E-state index in [4.69, 9.17) is 16.7 Å². The molecular formula is C20H27ClO3. The lowest BCUT2D eigenvalue weighted by atomic mass is 9.93. The van der Waals surface area contributed by atoms with E-state index in [1.165, 1.54) is 6.07 Å². The fourth-order valence-corrected chi connectivity index (χ4v) is 2.73. The fraction of sp³-hybridized carbons (Fsp3) is 0.400. The van der Waals surface area contributed by atoms with Gasteiger partial charge < -0.3 is 15.3 Å². The predicted octanol–water partition coefficient (Wildman–Crippen LogP) is 4.87. The number of rotatable bonds is 9. The van der Waals surface area contributed by atoms with Crippen molar-refractivity contribution in [3.05, 3.63) is 58.2 Å². The second-order valence-corrected chi connectivity index (χ2v) is 6.12. The van der Waals surface area contributed by atoms with Crippen LogP contribution < -0.4 is 0 Å². The highest BCUT2D eigenvalue weighted by molar-refractivity contribution is 6.32. The Bertz CT molecular complexity index is 617. The van der Waals surface area contributed by atoms with Crippen molar-refractivity contribution < 1.29 is 15.3 Å². The molecule has 0 heterocycles. The first-order valence-electron chi connectivity index (χ1n) is 8.27. The van der Waals surface area contributed by atoms with Gasteiger partial charge in [0.15, 0.2) is 0 Å². The third-order valence-electron chi connectivity index (χ3n) is 4.04. The molecule has 0 bridgehead atoms. The first kappa shape index (κ1) is 20.5. The molecule has 1 atom stereocenters. The smallest absolute Gasteiger partial charge is 0.117 e. The number of benzene rings is 1. The van der Waals surface area contributed by atoms with E-state index >= 15 is 0 Å². The van der Waals surface area contributed by atoms with Gasteiger partial charge in [-0.3, -0.25) is 0 Å². The van der Waals surface area contributed by atoms with Gasteiger partial charge in [0.05, 0.1) is 17.7 Å². The van der Waals surface area contributed by atoms with E-state index in [0.717, 1.165) is 35.1 Å². The van der Waals surface area contributed by atoms with E-state index in [2.05, 4.69) is 13.5 Å². The fourth-order valence-electron chi connectivity index (χ4n) is 2.50. The van der Waals surface area contributed by atoms with E-state index in [9.17, 15) is 10.2 Å². The van der Waals surface area contributed by atoms with Crippen molar-refractivity contribution in [1.82, 2.24) is 0 Å². The molecular weight excluding hydrogens is 324 g/mol. The summed E-state index contributed by atoms with van der Waals surface area (Å²) in [5, 5.41) is 29.5. The summed E-state index contributed by atoms with van der Waals surface area (Å²) in [5.74, 6) is 0.141. The van der Waals surface area contributed by atoms with Gasteiger partial charge in [-0.2, -0.15) is 0 Å². The molecule has 0 spiro atoms. The zero-order chi connectivity index (χ0) is 18.1. The average Bonchev–Trinajstić information content (AvgIpc) is 2.57. The monoisotopic (exact) mass is 350 g/mol. The highest BCUT2D eigenvalue weighted by atomic mass is 35.5. The van der Waals surface area contributed by atoms with Gasteiger partial charge >= 0.3 is 0 Å². The van der Waals surface area contributed by atoms with Crippen molar-refractivity contribution in [2.24, 2.45) is 0 Å². The Morgan fingerprint density at radius 1 is 1.29 bits per heavy atom. The summed E-state index contributed by atoms with van der Waals surface area (Å²) in [7, 11) is 0. The number of aromatic hydroxyl groups is 1. The Labute approximate surface area is 149 Å². The van der Waals surface area contributed by atoms with Crippen molar-refractivity contribution in [2.75, 3.05) is 6.61 Å². The Kier molecular flexibility index (Phi) is 8.83. The number of halogens is 1. The number of hydrogen-bond acceptors (Lipinski definition) is 3. The van der Waals surface area contributed by atoms with Crippen LogP contribution in [0.4, 0.5) is 0 Å². The first-order valence-corrected chi connectivity index (χ1v) is 8.65. The lowest BCUT2D eigenvalue weighted by molar-refractivity contribution is 0.200. The van der Waals surface area contributed by atoms with Crippen LogP contribution in [0.25, 0.3) is 6.08 Å². The molecule has 0 aliphatic heterocycles. The van der Waals surface area contributed by atoms with Crippen LogP contribution >= 0.6 is 11.6 Å². The van der Waals surface area contributed by atoms with Crippen LogP contribution in [0, 0.1) is 0 Å². The zero-order valence-corrected chi connectivity index (χ0v) is 15.2. The molecule has 0 aromatic heterocycles. The SMILES string of the molecule is C=C(CC)/C(=C/CO)C(O)CC/C(=C/c1ccc(O)cc1Cl)CC. The third-order valence-corrected chi connectivity index (χ3v) is 4.37. The van der Waals surface area contributed by atoms with Gasteiger partial charge in [0.1, 0.15) is 5.75 Å². The summed E-state index contributed by atoms with van der Waals surface area (Å²) in [6.45, 7) is 7.88. The van der Waals surface area contributed by atoms with Crippen molar-refractivity contribution in [1.29, 1.82) is 0 Å². The Morgan fingerprint density at radius 3 is 2.54 bits per heavy atom. The van der Waals surface area contributed by atoms with Crippen LogP contribution in [-0.2, 0) is 0 Å². The Hall–Kier alpha value is -1.55. The van der Waals surface area contributed by atoms with Gasteiger partial charge in [0.25, 0.3) is 0 Å². The van der Waals surface area contributed by atoms with Crippen LogP contribution in [0.1, 0.15) is 45.1 Å². The van der Waals surface area contributed by atoms with E-state index in [1.54, 1.807) is 18.2 Å². The van der Waals surface area contributed by atoms with Gasteiger partial charge in [-0.05, 0) is 60.6 Å².